The van der Waals surface area contributed by atoms with E-state index in [0.29, 0.717) is 6.54 Å². The maximum atomic E-state index is 13.2. The average Bonchev–Trinajstić information content (AvgIpc) is 3.04. The number of sulfone groups is 2. The maximum absolute atomic E-state index is 13.2. The molecule has 3 rings (SSSR count). The topological polar surface area (TPSA) is 86.8 Å². The van der Waals surface area contributed by atoms with Gasteiger partial charge in [0.25, 0.3) is 0 Å². The first kappa shape index (κ1) is 23.7. The summed E-state index contributed by atoms with van der Waals surface area (Å²) >= 11 is 0. The van der Waals surface area contributed by atoms with Crippen LogP contribution >= 0.6 is 0 Å². The van der Waals surface area contributed by atoms with Crippen LogP contribution in [0.25, 0.3) is 0 Å². The van der Waals surface area contributed by atoms with Crippen LogP contribution in [0.4, 0.5) is 5.69 Å². The van der Waals surface area contributed by atoms with Crippen LogP contribution in [0.5, 0.6) is 0 Å². The van der Waals surface area contributed by atoms with Crippen molar-refractivity contribution in [1.29, 1.82) is 0 Å². The first-order chi connectivity index (χ1) is 14.5. The molecule has 9 heteroatoms. The summed E-state index contributed by atoms with van der Waals surface area (Å²) in [6, 6.07) is 15.6. The Morgan fingerprint density at radius 3 is 2.13 bits per heavy atom. The molecular formula is C22H31N3O4S2. The van der Waals surface area contributed by atoms with Crippen LogP contribution in [0.3, 0.4) is 0 Å². The van der Waals surface area contributed by atoms with Crippen LogP contribution in [0.1, 0.15) is 11.6 Å². The predicted molar refractivity (Wildman–Crippen MR) is 125 cm³/mol. The van der Waals surface area contributed by atoms with E-state index < -0.39 is 31.0 Å². The number of rotatable bonds is 8. The number of hydrogen-bond donors (Lipinski definition) is 1. The Morgan fingerprint density at radius 1 is 0.968 bits per heavy atom. The molecular weight excluding hydrogens is 434 g/mol. The monoisotopic (exact) mass is 465 g/mol. The molecule has 7 nitrogen and oxygen atoms in total. The van der Waals surface area contributed by atoms with Gasteiger partial charge in [-0.25, -0.2) is 16.8 Å². The summed E-state index contributed by atoms with van der Waals surface area (Å²) in [5, 5.41) is 2.27. The maximum Gasteiger partial charge on any atom is 0.183 e. The number of hydrogen-bond acceptors (Lipinski definition) is 7. The highest BCUT2D eigenvalue weighted by molar-refractivity contribution is 7.96. The largest absolute Gasteiger partial charge is 0.378 e. The fraction of sp³-hybridized carbons (Fsp3) is 0.455. The van der Waals surface area contributed by atoms with Crippen LogP contribution in [-0.4, -0.2) is 79.3 Å². The third kappa shape index (κ3) is 5.46. The highest BCUT2D eigenvalue weighted by Gasteiger charge is 2.45. The second-order valence-corrected chi connectivity index (χ2v) is 12.8. The molecule has 1 fully saturated rings. The van der Waals surface area contributed by atoms with E-state index in [1.807, 2.05) is 62.3 Å². The molecule has 0 saturated carbocycles. The van der Waals surface area contributed by atoms with Gasteiger partial charge >= 0.3 is 0 Å². The molecule has 1 aliphatic rings. The number of benzene rings is 2. The average molecular weight is 466 g/mol. The summed E-state index contributed by atoms with van der Waals surface area (Å²) in [6.07, 6.45) is 0. The van der Waals surface area contributed by atoms with E-state index in [-0.39, 0.29) is 22.4 Å². The van der Waals surface area contributed by atoms with Gasteiger partial charge in [-0.15, -0.1) is 0 Å². The minimum absolute atomic E-state index is 0.0282. The van der Waals surface area contributed by atoms with Crippen LogP contribution in [0.15, 0.2) is 59.5 Å². The Balaban J connectivity index is 1.81. The van der Waals surface area contributed by atoms with Gasteiger partial charge in [-0.2, -0.15) is 0 Å². The summed E-state index contributed by atoms with van der Waals surface area (Å²) in [7, 11) is 0.656. The van der Waals surface area contributed by atoms with Crippen molar-refractivity contribution < 1.29 is 16.8 Å². The zero-order valence-corrected chi connectivity index (χ0v) is 20.0. The molecule has 0 aliphatic carbocycles. The van der Waals surface area contributed by atoms with Crippen LogP contribution in [0, 0.1) is 0 Å². The Hall–Kier alpha value is -1.94. The van der Waals surface area contributed by atoms with E-state index in [4.69, 9.17) is 0 Å². The van der Waals surface area contributed by atoms with E-state index in [0.717, 1.165) is 11.3 Å². The van der Waals surface area contributed by atoms with Crippen molar-refractivity contribution in [2.75, 3.05) is 51.1 Å². The molecule has 2 aromatic carbocycles. The van der Waals surface area contributed by atoms with Crippen molar-refractivity contribution in [2.24, 2.45) is 0 Å². The third-order valence-electron chi connectivity index (χ3n) is 5.76. The lowest BCUT2D eigenvalue weighted by Crippen LogP contribution is -2.46. The second kappa shape index (κ2) is 9.28. The van der Waals surface area contributed by atoms with E-state index in [9.17, 15) is 16.8 Å². The summed E-state index contributed by atoms with van der Waals surface area (Å²) in [4.78, 5) is 4.23. The normalized spacial score (nSPS) is 21.8. The predicted octanol–water partition coefficient (Wildman–Crippen LogP) is 1.58. The molecule has 2 aromatic rings. The van der Waals surface area contributed by atoms with Crippen LogP contribution in [-0.2, 0) is 19.7 Å². The van der Waals surface area contributed by atoms with Gasteiger partial charge in [0.1, 0.15) is 0 Å². The minimum atomic E-state index is -3.77. The third-order valence-corrected chi connectivity index (χ3v) is 9.93. The molecule has 1 unspecified atom stereocenters. The highest BCUT2D eigenvalue weighted by atomic mass is 32.2. The number of nitrogens with one attached hydrogen (secondary N) is 1. The number of likely N-dealkylation sites (N-methyl/N-ethyl adjacent to an activating group) is 1. The SMILES string of the molecule is CN(C)c1ccc(C(CN[C@H]2CS(=O)(=O)C[C@@H]2S(=O)(=O)c2ccccc2)N(C)C)cc1. The molecule has 3 atom stereocenters. The Labute approximate surface area is 185 Å². The van der Waals surface area contributed by atoms with Gasteiger partial charge in [-0.1, -0.05) is 30.3 Å². The molecule has 31 heavy (non-hydrogen) atoms. The molecule has 170 valence electrons. The standard InChI is InChI=1S/C22H31N3O4S2/c1-24(2)18-12-10-17(11-13-18)21(25(3)4)14-23-20-15-30(26,27)16-22(20)31(28,29)19-8-6-5-7-9-19/h5-13,20-23H,14-16H2,1-4H3/t20-,21?,22-/m0/s1. The molecule has 1 saturated heterocycles. The van der Waals surface area contributed by atoms with Gasteiger partial charge in [0.05, 0.1) is 21.7 Å². The molecule has 0 radical (unpaired) electrons. The van der Waals surface area contributed by atoms with Crippen molar-refractivity contribution in [1.82, 2.24) is 10.2 Å². The molecule has 0 spiro atoms. The van der Waals surface area contributed by atoms with E-state index in [1.54, 1.807) is 18.2 Å². The lowest BCUT2D eigenvalue weighted by Gasteiger charge is -2.28. The zero-order chi connectivity index (χ0) is 22.8. The Kier molecular flexibility index (Phi) is 7.10. The smallest absolute Gasteiger partial charge is 0.183 e. The first-order valence-corrected chi connectivity index (χ1v) is 13.5. The lowest BCUT2D eigenvalue weighted by molar-refractivity contribution is 0.282. The highest BCUT2D eigenvalue weighted by Crippen LogP contribution is 2.27. The van der Waals surface area contributed by atoms with E-state index in [1.165, 1.54) is 12.1 Å². The summed E-state index contributed by atoms with van der Waals surface area (Å²) < 4.78 is 51.0. The fourth-order valence-corrected chi connectivity index (χ4v) is 8.69. The first-order valence-electron chi connectivity index (χ1n) is 10.2. The summed E-state index contributed by atoms with van der Waals surface area (Å²) in [5.41, 5.74) is 2.16. The van der Waals surface area contributed by atoms with Crippen molar-refractivity contribution in [3.8, 4) is 0 Å². The molecule has 0 aromatic heterocycles. The van der Waals surface area contributed by atoms with E-state index in [2.05, 4.69) is 5.32 Å². The molecule has 0 amide bonds. The Bertz CT molecular complexity index is 1080. The molecule has 0 bridgehead atoms. The Morgan fingerprint density at radius 2 is 1.58 bits per heavy atom. The van der Waals surface area contributed by atoms with E-state index >= 15 is 0 Å². The van der Waals surface area contributed by atoms with Gasteiger partial charge in [-0.05, 0) is 43.9 Å². The van der Waals surface area contributed by atoms with Gasteiger partial charge in [-0.3, -0.25) is 0 Å². The van der Waals surface area contributed by atoms with Crippen LogP contribution < -0.4 is 10.2 Å². The summed E-state index contributed by atoms with van der Waals surface area (Å²) in [6.45, 7) is 0.440. The number of anilines is 1. The van der Waals surface area contributed by atoms with Gasteiger partial charge < -0.3 is 15.1 Å². The summed E-state index contributed by atoms with van der Waals surface area (Å²) in [5.74, 6) is -0.532. The number of nitrogens with zero attached hydrogens (tertiary/aromatic N) is 2. The van der Waals surface area contributed by atoms with Gasteiger partial charge in [0.2, 0.25) is 0 Å². The zero-order valence-electron chi connectivity index (χ0n) is 18.4. The van der Waals surface area contributed by atoms with Crippen LogP contribution in [0.2, 0.25) is 0 Å². The molecule has 1 heterocycles. The van der Waals surface area contributed by atoms with Crippen molar-refractivity contribution >= 4 is 25.4 Å². The van der Waals surface area contributed by atoms with Crippen molar-refractivity contribution in [3.63, 3.8) is 0 Å². The van der Waals surface area contributed by atoms with Crippen molar-refractivity contribution in [3.05, 3.63) is 60.2 Å². The molecule has 1 N–H and O–H groups in total. The molecule has 1 aliphatic heterocycles. The van der Waals surface area contributed by atoms with Gasteiger partial charge in [0, 0.05) is 38.4 Å². The van der Waals surface area contributed by atoms with Gasteiger partial charge in [0.15, 0.2) is 19.7 Å². The lowest BCUT2D eigenvalue weighted by atomic mass is 10.0. The fourth-order valence-electron chi connectivity index (χ4n) is 3.95. The quantitative estimate of drug-likeness (QED) is 0.633. The second-order valence-electron chi connectivity index (χ2n) is 8.45. The minimum Gasteiger partial charge on any atom is -0.378 e. The van der Waals surface area contributed by atoms with Crippen molar-refractivity contribution in [2.45, 2.75) is 22.2 Å².